The molecule has 1 aliphatic rings. The number of sulfonamides is 1. The quantitative estimate of drug-likeness (QED) is 0.612. The molecule has 0 saturated carbocycles. The van der Waals surface area contributed by atoms with Gasteiger partial charge in [0.25, 0.3) is 0 Å². The number of imidazole rings is 1. The molecule has 1 aliphatic heterocycles. The van der Waals surface area contributed by atoms with Gasteiger partial charge < -0.3 is 9.30 Å². The number of pyridine rings is 1. The molecule has 0 N–H and O–H groups in total. The molecule has 1 saturated heterocycles. The Morgan fingerprint density at radius 2 is 2.14 bits per heavy atom. The first kappa shape index (κ1) is 19.3. The molecule has 28 heavy (non-hydrogen) atoms. The lowest BCUT2D eigenvalue weighted by molar-refractivity contribution is 0.187. The summed E-state index contributed by atoms with van der Waals surface area (Å²) in [5.41, 5.74) is 1.61. The minimum absolute atomic E-state index is 0.0000142. The maximum Gasteiger partial charge on any atom is 0.243 e. The molecule has 3 aromatic rings. The van der Waals surface area contributed by atoms with Gasteiger partial charge in [-0.3, -0.25) is 0 Å². The van der Waals surface area contributed by atoms with Crippen molar-refractivity contribution in [2.45, 2.75) is 23.8 Å². The summed E-state index contributed by atoms with van der Waals surface area (Å²) in [4.78, 5) is 9.42. The van der Waals surface area contributed by atoms with Gasteiger partial charge >= 0.3 is 0 Å². The first-order valence-corrected chi connectivity index (χ1v) is 10.9. The number of ether oxygens (including phenoxy) is 1. The Morgan fingerprint density at radius 1 is 1.29 bits per heavy atom. The van der Waals surface area contributed by atoms with E-state index in [4.69, 9.17) is 21.3 Å². The van der Waals surface area contributed by atoms with Gasteiger partial charge in [-0.25, -0.2) is 18.4 Å². The molecule has 7 nitrogen and oxygen atoms in total. The second-order valence-corrected chi connectivity index (χ2v) is 9.14. The lowest BCUT2D eigenvalue weighted by Gasteiger charge is -2.17. The topological polar surface area (TPSA) is 77.3 Å². The Kier molecular flexibility index (Phi) is 5.37. The summed E-state index contributed by atoms with van der Waals surface area (Å²) in [6, 6.07) is 10.2. The lowest BCUT2D eigenvalue weighted by atomic mass is 10.1. The van der Waals surface area contributed by atoms with Crippen molar-refractivity contribution in [1.82, 2.24) is 18.8 Å². The zero-order chi connectivity index (χ0) is 19.7. The first-order valence-electron chi connectivity index (χ1n) is 9.06. The maximum atomic E-state index is 13.0. The number of fused-ring (bicyclic) bond motifs is 1. The maximum absolute atomic E-state index is 13.0. The van der Waals surface area contributed by atoms with Gasteiger partial charge in [0.05, 0.1) is 11.5 Å². The van der Waals surface area contributed by atoms with Crippen LogP contribution >= 0.6 is 11.6 Å². The molecular weight excluding hydrogens is 400 g/mol. The van der Waals surface area contributed by atoms with Gasteiger partial charge in [0, 0.05) is 43.9 Å². The number of nitrogens with zero attached hydrogens (tertiary/aromatic N) is 4. The first-order chi connectivity index (χ1) is 13.5. The molecule has 3 heterocycles. The molecule has 4 rings (SSSR count). The van der Waals surface area contributed by atoms with E-state index in [9.17, 15) is 8.42 Å². The molecule has 1 fully saturated rings. The van der Waals surface area contributed by atoms with Crippen molar-refractivity contribution in [3.05, 3.63) is 53.4 Å². The zero-order valence-electron chi connectivity index (χ0n) is 15.5. The van der Waals surface area contributed by atoms with E-state index in [-0.39, 0.29) is 10.8 Å². The van der Waals surface area contributed by atoms with Crippen LogP contribution in [0.1, 0.15) is 18.2 Å². The van der Waals surface area contributed by atoms with Crippen LogP contribution in [0.25, 0.3) is 11.2 Å². The predicted octanol–water partition coefficient (Wildman–Crippen LogP) is 2.91. The van der Waals surface area contributed by atoms with E-state index in [2.05, 4.69) is 4.98 Å². The molecule has 1 aromatic carbocycles. The van der Waals surface area contributed by atoms with Crippen LogP contribution in [0.5, 0.6) is 0 Å². The van der Waals surface area contributed by atoms with Crippen molar-refractivity contribution in [2.75, 3.05) is 26.8 Å². The zero-order valence-corrected chi connectivity index (χ0v) is 17.0. The summed E-state index contributed by atoms with van der Waals surface area (Å²) in [5, 5.41) is 0.407. The molecular formula is C19H21ClN4O3S. The van der Waals surface area contributed by atoms with Crippen LogP contribution in [0.4, 0.5) is 0 Å². The van der Waals surface area contributed by atoms with Gasteiger partial charge in [0.1, 0.15) is 11.3 Å². The number of methoxy groups -OCH3 is 1. The summed E-state index contributed by atoms with van der Waals surface area (Å²) in [7, 11) is -1.94. The number of hydrogen-bond acceptors (Lipinski definition) is 5. The SMILES string of the molecule is COCCn1c(C2CCN(S(=O)(=O)c3cccc(Cl)c3)C2)nc2cccnc21. The fourth-order valence-electron chi connectivity index (χ4n) is 3.62. The van der Waals surface area contributed by atoms with E-state index in [1.807, 2.05) is 16.7 Å². The van der Waals surface area contributed by atoms with E-state index in [0.717, 1.165) is 17.0 Å². The van der Waals surface area contributed by atoms with E-state index in [1.165, 1.54) is 10.4 Å². The fourth-order valence-corrected chi connectivity index (χ4v) is 5.43. The van der Waals surface area contributed by atoms with Crippen LogP contribution in [-0.4, -0.2) is 54.1 Å². The minimum atomic E-state index is -3.59. The van der Waals surface area contributed by atoms with Gasteiger partial charge in [-0.15, -0.1) is 0 Å². The Hall–Kier alpha value is -2.00. The Bertz CT molecular complexity index is 1100. The smallest absolute Gasteiger partial charge is 0.243 e. The average Bonchev–Trinajstić information content (AvgIpc) is 3.31. The van der Waals surface area contributed by atoms with E-state index < -0.39 is 10.0 Å². The van der Waals surface area contributed by atoms with Crippen LogP contribution in [0.3, 0.4) is 0 Å². The molecule has 0 radical (unpaired) electrons. The second kappa shape index (κ2) is 7.79. The Morgan fingerprint density at radius 3 is 2.93 bits per heavy atom. The molecule has 0 aliphatic carbocycles. The van der Waals surface area contributed by atoms with Crippen molar-refractivity contribution in [1.29, 1.82) is 0 Å². The fraction of sp³-hybridized carbons (Fsp3) is 0.368. The van der Waals surface area contributed by atoms with Gasteiger partial charge in [0.2, 0.25) is 10.0 Å². The molecule has 9 heteroatoms. The summed E-state index contributed by atoms with van der Waals surface area (Å²) in [6.45, 7) is 1.98. The average molecular weight is 421 g/mol. The van der Waals surface area contributed by atoms with Crippen molar-refractivity contribution < 1.29 is 13.2 Å². The lowest BCUT2D eigenvalue weighted by Crippen LogP contribution is -2.29. The Labute approximate surface area is 169 Å². The minimum Gasteiger partial charge on any atom is -0.383 e. The highest BCUT2D eigenvalue weighted by molar-refractivity contribution is 7.89. The van der Waals surface area contributed by atoms with Crippen LogP contribution in [0, 0.1) is 0 Å². The van der Waals surface area contributed by atoms with Gasteiger partial charge in [-0.2, -0.15) is 4.31 Å². The summed E-state index contributed by atoms with van der Waals surface area (Å²) < 4.78 is 34.8. The summed E-state index contributed by atoms with van der Waals surface area (Å²) in [5.74, 6) is 0.856. The third-order valence-electron chi connectivity index (χ3n) is 5.00. The number of halogens is 1. The highest BCUT2D eigenvalue weighted by atomic mass is 35.5. The molecule has 148 valence electrons. The highest BCUT2D eigenvalue weighted by Gasteiger charge is 2.35. The van der Waals surface area contributed by atoms with Crippen molar-refractivity contribution in [3.63, 3.8) is 0 Å². The van der Waals surface area contributed by atoms with Gasteiger partial charge in [-0.05, 0) is 36.8 Å². The van der Waals surface area contributed by atoms with Crippen molar-refractivity contribution in [2.24, 2.45) is 0 Å². The summed E-state index contributed by atoms with van der Waals surface area (Å²) >= 11 is 5.98. The van der Waals surface area contributed by atoms with Crippen LogP contribution in [0.2, 0.25) is 5.02 Å². The molecule has 0 spiro atoms. The molecule has 1 atom stereocenters. The van der Waals surface area contributed by atoms with Crippen molar-refractivity contribution in [3.8, 4) is 0 Å². The highest BCUT2D eigenvalue weighted by Crippen LogP contribution is 2.32. The number of rotatable bonds is 6. The molecule has 2 aromatic heterocycles. The van der Waals surface area contributed by atoms with Crippen molar-refractivity contribution >= 4 is 32.8 Å². The molecule has 0 amide bonds. The summed E-state index contributed by atoms with van der Waals surface area (Å²) in [6.07, 6.45) is 2.44. The Balaban J connectivity index is 1.64. The molecule has 1 unspecified atom stereocenters. The number of aromatic nitrogens is 3. The van der Waals surface area contributed by atoms with Crippen LogP contribution in [0.15, 0.2) is 47.5 Å². The van der Waals surface area contributed by atoms with Crippen LogP contribution < -0.4 is 0 Å². The second-order valence-electron chi connectivity index (χ2n) is 6.77. The largest absolute Gasteiger partial charge is 0.383 e. The van der Waals surface area contributed by atoms with E-state index in [0.29, 0.717) is 37.7 Å². The molecule has 0 bridgehead atoms. The third-order valence-corrected chi connectivity index (χ3v) is 7.10. The number of hydrogen-bond donors (Lipinski definition) is 0. The van der Waals surface area contributed by atoms with Crippen LogP contribution in [-0.2, 0) is 21.3 Å². The monoisotopic (exact) mass is 420 g/mol. The van der Waals surface area contributed by atoms with Gasteiger partial charge in [0.15, 0.2) is 5.65 Å². The van der Waals surface area contributed by atoms with Gasteiger partial charge in [-0.1, -0.05) is 17.7 Å². The normalized spacial score (nSPS) is 18.1. The van der Waals surface area contributed by atoms with E-state index in [1.54, 1.807) is 31.5 Å². The standard InChI is InChI=1S/C19H21ClN4O3S/c1-27-11-10-24-18(22-17-6-3-8-21-19(17)24)14-7-9-23(13-14)28(25,26)16-5-2-4-15(20)12-16/h2-6,8,12,14H,7,9-11,13H2,1H3. The van der Waals surface area contributed by atoms with E-state index >= 15 is 0 Å². The third kappa shape index (κ3) is 3.53. The number of benzene rings is 1. The predicted molar refractivity (Wildman–Crippen MR) is 107 cm³/mol.